The summed E-state index contributed by atoms with van der Waals surface area (Å²) in [5, 5.41) is 0. The Hall–Kier alpha value is -2.12. The minimum atomic E-state index is -0.406. The highest BCUT2D eigenvalue weighted by atomic mass is 16.7. The molecule has 0 rings (SSSR count). The predicted molar refractivity (Wildman–Crippen MR) is 110 cm³/mol. The zero-order valence-electron chi connectivity index (χ0n) is 18.6. The summed E-state index contributed by atoms with van der Waals surface area (Å²) in [6.07, 6.45) is 9.53. The van der Waals surface area contributed by atoms with Crippen LogP contribution in [0.2, 0.25) is 0 Å². The van der Waals surface area contributed by atoms with Crippen molar-refractivity contribution in [3.8, 4) is 0 Å². The Morgan fingerprint density at radius 1 is 0.433 bits per heavy atom. The van der Waals surface area contributed by atoms with Gasteiger partial charge in [0.25, 0.3) is 0 Å². The number of ether oxygens (including phenoxy) is 4. The van der Waals surface area contributed by atoms with E-state index < -0.39 is 11.9 Å². The number of rotatable bonds is 19. The lowest BCUT2D eigenvalue weighted by molar-refractivity contribution is -0.169. The van der Waals surface area contributed by atoms with Gasteiger partial charge in [0.05, 0.1) is 0 Å². The van der Waals surface area contributed by atoms with Gasteiger partial charge in [0, 0.05) is 25.7 Å². The summed E-state index contributed by atoms with van der Waals surface area (Å²) in [5.74, 6) is -1.52. The number of esters is 4. The summed E-state index contributed by atoms with van der Waals surface area (Å²) in [6.45, 7) is 3.43. The zero-order chi connectivity index (χ0) is 22.5. The minimum Gasteiger partial charge on any atom is -0.428 e. The molecule has 8 heteroatoms. The number of carbonyl (C=O) groups excluding carboxylic acids is 4. The van der Waals surface area contributed by atoms with E-state index in [0.717, 1.165) is 51.4 Å². The van der Waals surface area contributed by atoms with Crippen LogP contribution in [-0.2, 0) is 38.1 Å². The van der Waals surface area contributed by atoms with Gasteiger partial charge in [0.2, 0.25) is 13.6 Å². The monoisotopic (exact) mass is 430 g/mol. The molecule has 0 aromatic carbocycles. The number of hydrogen-bond donors (Lipinski definition) is 0. The molecule has 0 aliphatic rings. The van der Waals surface area contributed by atoms with Crippen molar-refractivity contribution >= 4 is 23.9 Å². The van der Waals surface area contributed by atoms with Gasteiger partial charge in [0.15, 0.2) is 0 Å². The van der Waals surface area contributed by atoms with E-state index in [9.17, 15) is 19.2 Å². The van der Waals surface area contributed by atoms with E-state index in [1.807, 2.05) is 13.8 Å². The fraction of sp³-hybridized carbons (Fsp3) is 0.818. The fourth-order valence-electron chi connectivity index (χ4n) is 2.54. The Morgan fingerprint density at radius 3 is 0.967 bits per heavy atom. The first-order valence-corrected chi connectivity index (χ1v) is 11.1. The molecule has 0 atom stereocenters. The summed E-state index contributed by atoms with van der Waals surface area (Å²) >= 11 is 0. The zero-order valence-corrected chi connectivity index (χ0v) is 18.6. The Kier molecular flexibility index (Phi) is 18.7. The smallest absolute Gasteiger partial charge is 0.308 e. The van der Waals surface area contributed by atoms with Crippen molar-refractivity contribution in [3.63, 3.8) is 0 Å². The fourth-order valence-corrected chi connectivity index (χ4v) is 2.54. The molecule has 0 heterocycles. The van der Waals surface area contributed by atoms with Crippen molar-refractivity contribution in [2.75, 3.05) is 13.6 Å². The van der Waals surface area contributed by atoms with E-state index in [4.69, 9.17) is 18.9 Å². The van der Waals surface area contributed by atoms with Crippen molar-refractivity contribution in [1.82, 2.24) is 0 Å². The van der Waals surface area contributed by atoms with Crippen LogP contribution in [0.25, 0.3) is 0 Å². The van der Waals surface area contributed by atoms with Gasteiger partial charge in [-0.3, -0.25) is 19.2 Å². The molecule has 0 radical (unpaired) electrons. The molecule has 174 valence electrons. The lowest BCUT2D eigenvalue weighted by atomic mass is 10.1. The summed E-state index contributed by atoms with van der Waals surface area (Å²) < 4.78 is 19.4. The minimum absolute atomic E-state index is 0.242. The van der Waals surface area contributed by atoms with Crippen LogP contribution < -0.4 is 0 Å². The second-order valence-corrected chi connectivity index (χ2v) is 7.13. The highest BCUT2D eigenvalue weighted by molar-refractivity contribution is 5.71. The van der Waals surface area contributed by atoms with Crippen LogP contribution in [0, 0.1) is 0 Å². The van der Waals surface area contributed by atoms with E-state index in [1.165, 1.54) is 0 Å². The first-order chi connectivity index (χ1) is 14.5. The van der Waals surface area contributed by atoms with Crippen LogP contribution in [0.4, 0.5) is 0 Å². The van der Waals surface area contributed by atoms with Gasteiger partial charge in [-0.1, -0.05) is 52.4 Å². The SMILES string of the molecule is CCCCCC(=O)OCOC(=O)CCCCCCC(=O)OCOC(=O)CCCCC. The maximum atomic E-state index is 11.6. The van der Waals surface area contributed by atoms with Crippen LogP contribution in [0.15, 0.2) is 0 Å². The van der Waals surface area contributed by atoms with E-state index in [0.29, 0.717) is 25.7 Å². The molecule has 0 amide bonds. The Labute approximate surface area is 180 Å². The molecule has 0 N–H and O–H groups in total. The molecule has 0 saturated carbocycles. The molecule has 0 saturated heterocycles. The van der Waals surface area contributed by atoms with Crippen LogP contribution in [0.1, 0.15) is 104 Å². The van der Waals surface area contributed by atoms with Crippen LogP contribution in [0.5, 0.6) is 0 Å². The normalized spacial score (nSPS) is 10.3. The molecule has 0 unspecified atom stereocenters. The van der Waals surface area contributed by atoms with E-state index >= 15 is 0 Å². The summed E-state index contributed by atoms with van der Waals surface area (Å²) in [4.78, 5) is 45.8. The molecule has 0 aliphatic heterocycles. The highest BCUT2D eigenvalue weighted by Gasteiger charge is 2.08. The first-order valence-electron chi connectivity index (χ1n) is 11.1. The van der Waals surface area contributed by atoms with Crippen LogP contribution >= 0.6 is 0 Å². The van der Waals surface area contributed by atoms with E-state index in [1.54, 1.807) is 0 Å². The molecule has 0 fully saturated rings. The lowest BCUT2D eigenvalue weighted by Crippen LogP contribution is -2.13. The van der Waals surface area contributed by atoms with Crippen molar-refractivity contribution in [2.45, 2.75) is 104 Å². The number of unbranched alkanes of at least 4 members (excludes halogenated alkanes) is 7. The Morgan fingerprint density at radius 2 is 0.700 bits per heavy atom. The van der Waals surface area contributed by atoms with Crippen molar-refractivity contribution in [3.05, 3.63) is 0 Å². The Bertz CT molecular complexity index is 446. The summed E-state index contributed by atoms with van der Waals surface area (Å²) in [7, 11) is 0. The van der Waals surface area contributed by atoms with Gasteiger partial charge < -0.3 is 18.9 Å². The van der Waals surface area contributed by atoms with Gasteiger partial charge >= 0.3 is 23.9 Å². The summed E-state index contributed by atoms with van der Waals surface area (Å²) in [6, 6.07) is 0. The van der Waals surface area contributed by atoms with Crippen LogP contribution in [-0.4, -0.2) is 37.5 Å². The molecular weight excluding hydrogens is 392 g/mol. The first kappa shape index (κ1) is 27.9. The molecule has 0 bridgehead atoms. The third kappa shape index (κ3) is 19.2. The molecule has 0 aromatic rings. The quantitative estimate of drug-likeness (QED) is 0.167. The maximum absolute atomic E-state index is 11.6. The predicted octanol–water partition coefficient (Wildman–Crippen LogP) is 4.58. The van der Waals surface area contributed by atoms with Crippen molar-refractivity contribution in [2.24, 2.45) is 0 Å². The lowest BCUT2D eigenvalue weighted by Gasteiger charge is -2.07. The third-order valence-electron chi connectivity index (χ3n) is 4.36. The second-order valence-electron chi connectivity index (χ2n) is 7.13. The van der Waals surface area contributed by atoms with Crippen molar-refractivity contribution in [1.29, 1.82) is 0 Å². The second kappa shape index (κ2) is 20.2. The van der Waals surface area contributed by atoms with Gasteiger partial charge in [-0.05, 0) is 25.7 Å². The average molecular weight is 431 g/mol. The molecule has 0 aromatic heterocycles. The van der Waals surface area contributed by atoms with E-state index in [-0.39, 0.29) is 38.4 Å². The maximum Gasteiger partial charge on any atom is 0.308 e. The van der Waals surface area contributed by atoms with Gasteiger partial charge in [0.1, 0.15) is 0 Å². The molecule has 0 aliphatic carbocycles. The molecular formula is C22H38O8. The highest BCUT2D eigenvalue weighted by Crippen LogP contribution is 2.08. The third-order valence-corrected chi connectivity index (χ3v) is 4.36. The molecule has 0 spiro atoms. The summed E-state index contributed by atoms with van der Waals surface area (Å²) in [5.41, 5.74) is 0. The topological polar surface area (TPSA) is 105 Å². The van der Waals surface area contributed by atoms with E-state index in [2.05, 4.69) is 0 Å². The number of carbonyl (C=O) groups is 4. The largest absolute Gasteiger partial charge is 0.428 e. The van der Waals surface area contributed by atoms with Gasteiger partial charge in [-0.2, -0.15) is 0 Å². The molecule has 30 heavy (non-hydrogen) atoms. The average Bonchev–Trinajstić information content (AvgIpc) is 2.71. The molecule has 8 nitrogen and oxygen atoms in total. The Balaban J connectivity index is 3.48. The van der Waals surface area contributed by atoms with Crippen molar-refractivity contribution < 1.29 is 38.1 Å². The van der Waals surface area contributed by atoms with Crippen LogP contribution in [0.3, 0.4) is 0 Å². The van der Waals surface area contributed by atoms with Gasteiger partial charge in [-0.25, -0.2) is 0 Å². The standard InChI is InChI=1S/C22H38O8/c1-3-5-9-13-19(23)27-17-29-21(25)15-11-7-8-12-16-22(26)30-18-28-20(24)14-10-6-4-2/h3-18H2,1-2H3. The number of hydrogen-bond acceptors (Lipinski definition) is 8. The van der Waals surface area contributed by atoms with Gasteiger partial charge in [-0.15, -0.1) is 0 Å².